The summed E-state index contributed by atoms with van der Waals surface area (Å²) in [4.78, 5) is 7.17. The Balaban J connectivity index is 1.34. The molecule has 0 saturated carbocycles. The van der Waals surface area contributed by atoms with Gasteiger partial charge in [-0.15, -0.1) is 11.3 Å². The first kappa shape index (κ1) is 18.2. The third-order valence-electron chi connectivity index (χ3n) is 4.88. The van der Waals surface area contributed by atoms with Crippen molar-refractivity contribution < 1.29 is 4.74 Å². The molecule has 0 bridgehead atoms. The Morgan fingerprint density at radius 2 is 1.78 bits per heavy atom. The second kappa shape index (κ2) is 8.65. The minimum Gasteiger partial charge on any atom is -0.375 e. The fourth-order valence-electron chi connectivity index (χ4n) is 3.36. The molecule has 2 aromatic carbocycles. The van der Waals surface area contributed by atoms with Gasteiger partial charge in [0, 0.05) is 29.7 Å². The third kappa shape index (κ3) is 4.56. The molecule has 0 radical (unpaired) electrons. The number of nitrogens with two attached hydrogens (primary N) is 1. The molecule has 2 heterocycles. The van der Waals surface area contributed by atoms with E-state index in [0.717, 1.165) is 34.9 Å². The Morgan fingerprint density at radius 3 is 2.52 bits per heavy atom. The molecule has 0 spiro atoms. The van der Waals surface area contributed by atoms with Crippen LogP contribution in [-0.2, 0) is 11.3 Å². The molecule has 4 nitrogen and oxygen atoms in total. The predicted octanol–water partition coefficient (Wildman–Crippen LogP) is 4.63. The van der Waals surface area contributed by atoms with Crippen molar-refractivity contribution in [2.45, 2.75) is 25.5 Å². The Hall–Kier alpha value is -2.21. The predicted molar refractivity (Wildman–Crippen MR) is 112 cm³/mol. The summed E-state index contributed by atoms with van der Waals surface area (Å²) in [6.07, 6.45) is 2.59. The Bertz CT molecular complexity index is 842. The summed E-state index contributed by atoms with van der Waals surface area (Å²) in [6.45, 7) is 3.37. The van der Waals surface area contributed by atoms with Gasteiger partial charge in [0.15, 0.2) is 0 Å². The van der Waals surface area contributed by atoms with Crippen LogP contribution in [0.3, 0.4) is 0 Å². The van der Waals surface area contributed by atoms with Gasteiger partial charge >= 0.3 is 0 Å². The molecule has 0 amide bonds. The van der Waals surface area contributed by atoms with Gasteiger partial charge in [-0.2, -0.15) is 0 Å². The number of thiazole rings is 1. The van der Waals surface area contributed by atoms with Crippen molar-refractivity contribution >= 4 is 17.0 Å². The van der Waals surface area contributed by atoms with E-state index in [1.165, 1.54) is 18.5 Å². The average molecular weight is 380 g/mol. The molecule has 1 aromatic heterocycles. The lowest BCUT2D eigenvalue weighted by molar-refractivity contribution is 0.108. The van der Waals surface area contributed by atoms with Crippen LogP contribution in [0.4, 0.5) is 5.69 Å². The highest BCUT2D eigenvalue weighted by Crippen LogP contribution is 2.28. The van der Waals surface area contributed by atoms with Crippen LogP contribution < -0.4 is 10.6 Å². The largest absolute Gasteiger partial charge is 0.375 e. The summed E-state index contributed by atoms with van der Waals surface area (Å²) in [5.74, 6) is 0. The van der Waals surface area contributed by atoms with E-state index >= 15 is 0 Å². The first-order valence-corrected chi connectivity index (χ1v) is 10.4. The first-order valence-electron chi connectivity index (χ1n) is 9.47. The van der Waals surface area contributed by atoms with Gasteiger partial charge in [-0.05, 0) is 30.5 Å². The number of aromatic nitrogens is 1. The fourth-order valence-corrected chi connectivity index (χ4v) is 4.17. The molecule has 1 aliphatic heterocycles. The number of benzene rings is 2. The zero-order valence-electron chi connectivity index (χ0n) is 15.4. The minimum absolute atomic E-state index is 0.198. The smallest absolute Gasteiger partial charge is 0.112 e. The van der Waals surface area contributed by atoms with E-state index in [-0.39, 0.29) is 6.04 Å². The first-order chi connectivity index (χ1) is 13.3. The highest BCUT2D eigenvalue weighted by atomic mass is 32.1. The maximum Gasteiger partial charge on any atom is 0.112 e. The van der Waals surface area contributed by atoms with E-state index in [1.54, 1.807) is 11.3 Å². The van der Waals surface area contributed by atoms with Crippen molar-refractivity contribution in [1.29, 1.82) is 0 Å². The second-order valence-corrected chi connectivity index (χ2v) is 7.81. The maximum atomic E-state index is 6.27. The normalized spacial score (nSPS) is 15.2. The molecule has 1 fully saturated rings. The minimum atomic E-state index is -0.198. The van der Waals surface area contributed by atoms with Crippen molar-refractivity contribution in [3.8, 4) is 11.3 Å². The lowest BCUT2D eigenvalue weighted by Crippen LogP contribution is -2.17. The van der Waals surface area contributed by atoms with Gasteiger partial charge < -0.3 is 15.4 Å². The molecule has 2 N–H and O–H groups in total. The Labute approximate surface area is 164 Å². The van der Waals surface area contributed by atoms with Crippen LogP contribution in [0, 0.1) is 0 Å². The van der Waals surface area contributed by atoms with E-state index < -0.39 is 0 Å². The van der Waals surface area contributed by atoms with Crippen LogP contribution in [0.15, 0.2) is 60.0 Å². The van der Waals surface area contributed by atoms with E-state index in [1.807, 2.05) is 18.2 Å². The summed E-state index contributed by atoms with van der Waals surface area (Å²) in [6, 6.07) is 18.7. The Morgan fingerprint density at radius 1 is 1.04 bits per heavy atom. The van der Waals surface area contributed by atoms with E-state index in [0.29, 0.717) is 13.2 Å². The number of rotatable bonds is 7. The van der Waals surface area contributed by atoms with Crippen molar-refractivity contribution in [3.05, 3.63) is 70.5 Å². The van der Waals surface area contributed by atoms with E-state index in [9.17, 15) is 0 Å². The molecule has 5 heteroatoms. The van der Waals surface area contributed by atoms with Gasteiger partial charge in [0.05, 0.1) is 24.9 Å². The van der Waals surface area contributed by atoms with Crippen molar-refractivity contribution in [3.63, 3.8) is 0 Å². The van der Waals surface area contributed by atoms with Crippen LogP contribution in [0.1, 0.15) is 29.5 Å². The highest BCUT2D eigenvalue weighted by Gasteiger charge is 2.14. The molecule has 1 saturated heterocycles. The SMILES string of the molecule is NC(COCc1ccccc1)c1nc(-c2ccc(N3CCCC3)cc2)cs1. The zero-order chi connectivity index (χ0) is 18.5. The van der Waals surface area contributed by atoms with Gasteiger partial charge in [0.25, 0.3) is 0 Å². The fraction of sp³-hybridized carbons (Fsp3) is 0.318. The Kier molecular flexibility index (Phi) is 5.82. The number of anilines is 1. The topological polar surface area (TPSA) is 51.4 Å². The van der Waals surface area contributed by atoms with Gasteiger partial charge in [0.1, 0.15) is 5.01 Å². The van der Waals surface area contributed by atoms with E-state index in [4.69, 9.17) is 15.5 Å². The summed E-state index contributed by atoms with van der Waals surface area (Å²) < 4.78 is 5.76. The quantitative estimate of drug-likeness (QED) is 0.650. The summed E-state index contributed by atoms with van der Waals surface area (Å²) in [5.41, 5.74) is 10.9. The summed E-state index contributed by atoms with van der Waals surface area (Å²) in [5, 5.41) is 3.00. The molecule has 3 aromatic rings. The lowest BCUT2D eigenvalue weighted by Gasteiger charge is -2.17. The zero-order valence-corrected chi connectivity index (χ0v) is 16.2. The molecule has 140 valence electrons. The second-order valence-electron chi connectivity index (χ2n) is 6.92. The number of hydrogen-bond acceptors (Lipinski definition) is 5. The van der Waals surface area contributed by atoms with Crippen molar-refractivity contribution in [2.75, 3.05) is 24.6 Å². The molecular formula is C22H25N3OS. The van der Waals surface area contributed by atoms with Crippen LogP contribution >= 0.6 is 11.3 Å². The lowest BCUT2D eigenvalue weighted by atomic mass is 10.1. The number of hydrogen-bond donors (Lipinski definition) is 1. The molecular weight excluding hydrogens is 354 g/mol. The van der Waals surface area contributed by atoms with Crippen LogP contribution in [-0.4, -0.2) is 24.7 Å². The molecule has 4 rings (SSSR count). The maximum absolute atomic E-state index is 6.27. The van der Waals surface area contributed by atoms with Crippen LogP contribution in [0.2, 0.25) is 0 Å². The molecule has 1 unspecified atom stereocenters. The van der Waals surface area contributed by atoms with E-state index in [2.05, 4.69) is 46.7 Å². The third-order valence-corrected chi connectivity index (χ3v) is 5.86. The van der Waals surface area contributed by atoms with Gasteiger partial charge in [-0.25, -0.2) is 4.98 Å². The summed E-state index contributed by atoms with van der Waals surface area (Å²) in [7, 11) is 0. The van der Waals surface area contributed by atoms with Crippen LogP contribution in [0.5, 0.6) is 0 Å². The van der Waals surface area contributed by atoms with Gasteiger partial charge in [-0.1, -0.05) is 42.5 Å². The highest BCUT2D eigenvalue weighted by molar-refractivity contribution is 7.10. The average Bonchev–Trinajstić information content (AvgIpc) is 3.41. The molecule has 1 atom stereocenters. The molecule has 0 aliphatic carbocycles. The van der Waals surface area contributed by atoms with Crippen molar-refractivity contribution in [2.24, 2.45) is 5.73 Å². The van der Waals surface area contributed by atoms with Crippen LogP contribution in [0.25, 0.3) is 11.3 Å². The molecule has 1 aliphatic rings. The standard InChI is InChI=1S/C22H25N3OS/c23-20(15-26-14-17-6-2-1-3-7-17)22-24-21(16-27-22)18-8-10-19(11-9-18)25-12-4-5-13-25/h1-3,6-11,16,20H,4-5,12-15,23H2. The van der Waals surface area contributed by atoms with Gasteiger partial charge in [0.2, 0.25) is 0 Å². The number of ether oxygens (including phenoxy) is 1. The monoisotopic (exact) mass is 379 g/mol. The van der Waals surface area contributed by atoms with Gasteiger partial charge in [-0.3, -0.25) is 0 Å². The summed E-state index contributed by atoms with van der Waals surface area (Å²) >= 11 is 1.60. The van der Waals surface area contributed by atoms with Crippen molar-refractivity contribution in [1.82, 2.24) is 4.98 Å². The number of nitrogens with zero attached hydrogens (tertiary/aromatic N) is 2. The molecule has 27 heavy (non-hydrogen) atoms.